The van der Waals surface area contributed by atoms with Crippen LogP contribution in [-0.4, -0.2) is 47.1 Å². The topological polar surface area (TPSA) is 85.6 Å². The molecule has 0 radical (unpaired) electrons. The summed E-state index contributed by atoms with van der Waals surface area (Å²) in [5.74, 6) is 3.75. The van der Waals surface area contributed by atoms with Gasteiger partial charge in [-0.25, -0.2) is 4.99 Å². The van der Waals surface area contributed by atoms with Crippen molar-refractivity contribution in [3.05, 3.63) is 53.6 Å². The predicted octanol–water partition coefficient (Wildman–Crippen LogP) is 2.27. The Balaban J connectivity index is 1.67. The minimum Gasteiger partial charge on any atom is -0.493 e. The molecule has 2 aromatic rings. The van der Waals surface area contributed by atoms with Crippen molar-refractivity contribution in [2.45, 2.75) is 33.4 Å². The Hall–Kier alpha value is -2.87. The van der Waals surface area contributed by atoms with Gasteiger partial charge in [0.1, 0.15) is 11.6 Å². The summed E-state index contributed by atoms with van der Waals surface area (Å²) in [4.78, 5) is 4.74. The lowest BCUT2D eigenvalue weighted by Gasteiger charge is -2.15. The van der Waals surface area contributed by atoms with Crippen LogP contribution in [0.3, 0.4) is 0 Å². The number of benzene rings is 1. The molecule has 1 atom stereocenters. The number of rotatable bonds is 9. The van der Waals surface area contributed by atoms with Gasteiger partial charge in [-0.05, 0) is 31.9 Å². The van der Waals surface area contributed by atoms with Crippen molar-refractivity contribution in [2.75, 3.05) is 26.4 Å². The van der Waals surface area contributed by atoms with E-state index in [1.165, 1.54) is 5.56 Å². The average molecular weight is 413 g/mol. The molecule has 1 aromatic carbocycles. The van der Waals surface area contributed by atoms with Gasteiger partial charge < -0.3 is 24.7 Å². The van der Waals surface area contributed by atoms with Gasteiger partial charge in [0.05, 0.1) is 26.3 Å². The van der Waals surface area contributed by atoms with E-state index in [-0.39, 0.29) is 0 Å². The zero-order valence-corrected chi connectivity index (χ0v) is 18.1. The van der Waals surface area contributed by atoms with Crippen LogP contribution in [0.5, 0.6) is 5.75 Å². The minimum absolute atomic E-state index is 0.461. The Kier molecular flexibility index (Phi) is 7.84. The van der Waals surface area contributed by atoms with Gasteiger partial charge in [-0.15, -0.1) is 16.8 Å². The van der Waals surface area contributed by atoms with Crippen molar-refractivity contribution < 1.29 is 9.47 Å². The first kappa shape index (κ1) is 21.8. The van der Waals surface area contributed by atoms with Crippen molar-refractivity contribution in [3.63, 3.8) is 0 Å². The molecule has 1 fully saturated rings. The second-order valence-corrected chi connectivity index (χ2v) is 7.56. The van der Waals surface area contributed by atoms with E-state index >= 15 is 0 Å². The molecule has 2 heterocycles. The molecule has 1 saturated heterocycles. The molecule has 8 heteroatoms. The molecular formula is C22H32N6O2. The number of aryl methyl sites for hydroxylation is 2. The van der Waals surface area contributed by atoms with E-state index < -0.39 is 0 Å². The molecule has 30 heavy (non-hydrogen) atoms. The van der Waals surface area contributed by atoms with Crippen LogP contribution < -0.4 is 15.4 Å². The van der Waals surface area contributed by atoms with Gasteiger partial charge in [0, 0.05) is 31.7 Å². The lowest BCUT2D eigenvalue weighted by Crippen LogP contribution is -2.37. The Morgan fingerprint density at radius 2 is 2.23 bits per heavy atom. The highest BCUT2D eigenvalue weighted by Crippen LogP contribution is 2.23. The first-order valence-electron chi connectivity index (χ1n) is 10.3. The van der Waals surface area contributed by atoms with Crippen LogP contribution in [0, 0.1) is 19.8 Å². The highest BCUT2D eigenvalue weighted by Gasteiger charge is 2.17. The smallest absolute Gasteiger partial charge is 0.192 e. The molecule has 8 nitrogen and oxygen atoms in total. The number of nitrogens with zero attached hydrogens (tertiary/aromatic N) is 4. The summed E-state index contributed by atoms with van der Waals surface area (Å²) >= 11 is 0. The van der Waals surface area contributed by atoms with Gasteiger partial charge in [0.25, 0.3) is 0 Å². The number of aromatic nitrogens is 3. The van der Waals surface area contributed by atoms with E-state index in [0.29, 0.717) is 38.1 Å². The predicted molar refractivity (Wildman–Crippen MR) is 118 cm³/mol. The van der Waals surface area contributed by atoms with E-state index in [9.17, 15) is 0 Å². The van der Waals surface area contributed by atoms with E-state index in [1.54, 1.807) is 6.08 Å². The van der Waals surface area contributed by atoms with Gasteiger partial charge >= 0.3 is 0 Å². The third kappa shape index (κ3) is 6.06. The molecular weight excluding hydrogens is 380 g/mol. The Morgan fingerprint density at radius 1 is 1.37 bits per heavy atom. The first-order valence-corrected chi connectivity index (χ1v) is 10.3. The Labute approximate surface area is 178 Å². The summed E-state index contributed by atoms with van der Waals surface area (Å²) < 4.78 is 13.5. The van der Waals surface area contributed by atoms with Crippen molar-refractivity contribution >= 4 is 5.96 Å². The number of aliphatic imine (C=N–C) groups is 1. The normalized spacial score (nSPS) is 16.5. The molecule has 0 bridgehead atoms. The maximum absolute atomic E-state index is 6.14. The van der Waals surface area contributed by atoms with E-state index in [2.05, 4.69) is 52.5 Å². The van der Waals surface area contributed by atoms with Gasteiger partial charge in [-0.2, -0.15) is 0 Å². The number of nitrogens with one attached hydrogen (secondary N) is 2. The quantitative estimate of drug-likeness (QED) is 0.373. The van der Waals surface area contributed by atoms with E-state index in [0.717, 1.165) is 42.6 Å². The molecule has 0 aliphatic carbocycles. The van der Waals surface area contributed by atoms with Gasteiger partial charge in [-0.1, -0.05) is 18.2 Å². The monoisotopic (exact) mass is 412 g/mol. The van der Waals surface area contributed by atoms with Crippen LogP contribution in [0.2, 0.25) is 0 Å². The van der Waals surface area contributed by atoms with Gasteiger partial charge in [-0.3, -0.25) is 0 Å². The molecule has 1 aliphatic heterocycles. The van der Waals surface area contributed by atoms with Crippen molar-refractivity contribution in [1.29, 1.82) is 0 Å². The van der Waals surface area contributed by atoms with Gasteiger partial charge in [0.2, 0.25) is 0 Å². The Bertz CT molecular complexity index is 871. The van der Waals surface area contributed by atoms with E-state index in [1.807, 2.05) is 18.5 Å². The van der Waals surface area contributed by atoms with Crippen LogP contribution in [0.25, 0.3) is 0 Å². The fourth-order valence-electron chi connectivity index (χ4n) is 3.12. The molecule has 1 aliphatic rings. The molecule has 0 saturated carbocycles. The third-order valence-corrected chi connectivity index (χ3v) is 5.14. The highest BCUT2D eigenvalue weighted by atomic mass is 16.5. The fraction of sp³-hybridized carbons (Fsp3) is 0.500. The largest absolute Gasteiger partial charge is 0.493 e. The second-order valence-electron chi connectivity index (χ2n) is 7.56. The Morgan fingerprint density at radius 3 is 2.93 bits per heavy atom. The summed E-state index contributed by atoms with van der Waals surface area (Å²) in [7, 11) is 1.95. The van der Waals surface area contributed by atoms with Crippen LogP contribution in [0.1, 0.15) is 29.2 Å². The number of ether oxygens (including phenoxy) is 2. The fourth-order valence-corrected chi connectivity index (χ4v) is 3.12. The zero-order chi connectivity index (χ0) is 21.3. The standard InChI is InChI=1S/C22H32N6O2/c1-5-9-23-22(25-13-21-27-26-17(3)28(21)4)24-12-19-7-6-16(2)11-20(19)30-15-18-8-10-29-14-18/h5-7,11,18H,1,8-10,12-15H2,2-4H3,(H2,23,24,25). The zero-order valence-electron chi connectivity index (χ0n) is 18.1. The third-order valence-electron chi connectivity index (χ3n) is 5.14. The van der Waals surface area contributed by atoms with E-state index in [4.69, 9.17) is 14.5 Å². The van der Waals surface area contributed by atoms with Crippen LogP contribution in [0.15, 0.2) is 35.8 Å². The van der Waals surface area contributed by atoms with Crippen LogP contribution >= 0.6 is 0 Å². The second kappa shape index (κ2) is 10.8. The number of hydrogen-bond donors (Lipinski definition) is 2. The molecule has 1 aromatic heterocycles. The number of guanidine groups is 1. The SMILES string of the molecule is C=CCNC(=NCc1ccc(C)cc1OCC1CCOC1)NCc1nnc(C)n1C. The summed E-state index contributed by atoms with van der Waals surface area (Å²) in [6.07, 6.45) is 2.86. The molecule has 0 amide bonds. The lowest BCUT2D eigenvalue weighted by atomic mass is 10.1. The van der Waals surface area contributed by atoms with Crippen LogP contribution in [-0.2, 0) is 24.9 Å². The van der Waals surface area contributed by atoms with Crippen molar-refractivity contribution in [2.24, 2.45) is 18.0 Å². The number of hydrogen-bond acceptors (Lipinski definition) is 5. The molecule has 162 valence electrons. The summed E-state index contributed by atoms with van der Waals surface area (Å²) in [6.45, 7) is 11.7. The minimum atomic E-state index is 0.461. The molecule has 0 spiro atoms. The van der Waals surface area contributed by atoms with Crippen molar-refractivity contribution in [3.8, 4) is 5.75 Å². The summed E-state index contributed by atoms with van der Waals surface area (Å²) in [5, 5.41) is 14.8. The van der Waals surface area contributed by atoms with Gasteiger partial charge in [0.15, 0.2) is 11.8 Å². The maximum Gasteiger partial charge on any atom is 0.192 e. The molecule has 3 rings (SSSR count). The molecule has 2 N–H and O–H groups in total. The summed E-state index contributed by atoms with van der Waals surface area (Å²) in [5.41, 5.74) is 2.22. The summed E-state index contributed by atoms with van der Waals surface area (Å²) in [6, 6.07) is 6.24. The lowest BCUT2D eigenvalue weighted by molar-refractivity contribution is 0.166. The molecule has 1 unspecified atom stereocenters. The average Bonchev–Trinajstić information content (AvgIpc) is 3.37. The first-order chi connectivity index (χ1) is 14.6. The van der Waals surface area contributed by atoms with Crippen molar-refractivity contribution in [1.82, 2.24) is 25.4 Å². The van der Waals surface area contributed by atoms with Crippen LogP contribution in [0.4, 0.5) is 0 Å². The maximum atomic E-state index is 6.14. The highest BCUT2D eigenvalue weighted by molar-refractivity contribution is 5.79.